The molecule has 4 aromatic heterocycles. The molecule has 192 valence electrons. The molecule has 0 saturated carbocycles. The van der Waals surface area contributed by atoms with E-state index in [0.29, 0.717) is 42.2 Å². The maximum absolute atomic E-state index is 12.0. The maximum Gasteiger partial charge on any atom is 0.245 e. The Morgan fingerprint density at radius 3 is 2.92 bits per heavy atom. The van der Waals surface area contributed by atoms with Crippen molar-refractivity contribution in [3.8, 4) is 5.75 Å². The molecule has 1 saturated heterocycles. The number of nitrogens with zero attached hydrogens (tertiary/aromatic N) is 4. The highest BCUT2D eigenvalue weighted by molar-refractivity contribution is 7.17. The van der Waals surface area contributed by atoms with Crippen molar-refractivity contribution in [2.24, 2.45) is 0 Å². The number of ether oxygens (including phenoxy) is 1. The van der Waals surface area contributed by atoms with Crippen molar-refractivity contribution in [2.75, 3.05) is 18.4 Å². The Labute approximate surface area is 228 Å². The number of halogens is 1. The van der Waals surface area contributed by atoms with E-state index in [2.05, 4.69) is 37.9 Å². The number of carbonyl (C=O) groups is 1. The monoisotopic (exact) mass is 544 g/mol. The van der Waals surface area contributed by atoms with E-state index in [-0.39, 0.29) is 5.91 Å². The van der Waals surface area contributed by atoms with Crippen LogP contribution in [-0.2, 0) is 11.4 Å². The number of aromatic nitrogens is 4. The third-order valence-electron chi connectivity index (χ3n) is 6.86. The van der Waals surface area contributed by atoms with Gasteiger partial charge in [0.05, 0.1) is 26.3 Å². The lowest BCUT2D eigenvalue weighted by Gasteiger charge is -2.31. The van der Waals surface area contributed by atoms with E-state index in [1.54, 1.807) is 11.3 Å². The second-order valence-electron chi connectivity index (χ2n) is 9.16. The van der Waals surface area contributed by atoms with Gasteiger partial charge in [-0.3, -0.25) is 4.79 Å². The van der Waals surface area contributed by atoms with Gasteiger partial charge in [0.1, 0.15) is 30.1 Å². The average molecular weight is 545 g/mol. The fraction of sp³-hybridized carbons (Fsp3) is 0.214. The summed E-state index contributed by atoms with van der Waals surface area (Å²) in [5.74, 6) is 1.57. The first-order valence-corrected chi connectivity index (χ1v) is 13.6. The lowest BCUT2D eigenvalue weighted by Crippen LogP contribution is -2.36. The SMILES string of the molecule is C=CC(=O)N1CCC(c2c[nH]c3ncnc(Nc4ccc(OCc5ccc6sccc6n5)c(Cl)c4)c23)CC1. The molecule has 0 bridgehead atoms. The second-order valence-corrected chi connectivity index (χ2v) is 10.5. The van der Waals surface area contributed by atoms with Gasteiger partial charge >= 0.3 is 0 Å². The summed E-state index contributed by atoms with van der Waals surface area (Å²) in [6.07, 6.45) is 6.65. The Bertz CT molecular complexity index is 1640. The quantitative estimate of drug-likeness (QED) is 0.229. The fourth-order valence-corrected chi connectivity index (χ4v) is 5.86. The summed E-state index contributed by atoms with van der Waals surface area (Å²) in [5, 5.41) is 6.88. The Morgan fingerprint density at radius 2 is 2.11 bits per heavy atom. The topological polar surface area (TPSA) is 96.0 Å². The number of hydrogen-bond acceptors (Lipinski definition) is 7. The van der Waals surface area contributed by atoms with Crippen LogP contribution in [-0.4, -0.2) is 43.8 Å². The molecular formula is C28H25ClN6O2S. The van der Waals surface area contributed by atoms with Crippen molar-refractivity contribution in [2.45, 2.75) is 25.4 Å². The Hall–Kier alpha value is -3.95. The molecule has 5 heterocycles. The summed E-state index contributed by atoms with van der Waals surface area (Å²) in [6.45, 7) is 5.33. The molecule has 0 atom stereocenters. The lowest BCUT2D eigenvalue weighted by atomic mass is 9.89. The van der Waals surface area contributed by atoms with E-state index in [0.717, 1.165) is 51.0 Å². The van der Waals surface area contributed by atoms with E-state index < -0.39 is 0 Å². The number of amides is 1. The predicted octanol–water partition coefficient (Wildman–Crippen LogP) is 6.44. The summed E-state index contributed by atoms with van der Waals surface area (Å²) >= 11 is 8.25. The van der Waals surface area contributed by atoms with E-state index in [1.165, 1.54) is 12.4 Å². The minimum Gasteiger partial charge on any atom is -0.486 e. The third kappa shape index (κ3) is 4.82. The van der Waals surface area contributed by atoms with E-state index in [9.17, 15) is 4.79 Å². The van der Waals surface area contributed by atoms with Crippen LogP contribution in [0.4, 0.5) is 11.5 Å². The van der Waals surface area contributed by atoms with Crippen LogP contribution in [0.1, 0.15) is 30.0 Å². The first kappa shape index (κ1) is 24.4. The number of carbonyl (C=O) groups excluding carboxylic acids is 1. The standard InChI is InChI=1S/C28H25ClN6O2S/c1-2-25(36)35-10-7-17(8-11-35)20-14-30-27-26(20)28(32-16-31-27)34-18-3-5-23(21(29)13-18)37-15-19-4-6-24-22(33-19)9-12-38-24/h2-6,9,12-14,16-17H,1,7-8,10-11,15H2,(H2,30,31,32,34). The lowest BCUT2D eigenvalue weighted by molar-refractivity contribution is -0.127. The van der Waals surface area contributed by atoms with Crippen molar-refractivity contribution in [3.63, 3.8) is 0 Å². The molecule has 5 aromatic rings. The molecule has 1 fully saturated rings. The summed E-state index contributed by atoms with van der Waals surface area (Å²) < 4.78 is 7.11. The first-order valence-electron chi connectivity index (χ1n) is 12.3. The number of likely N-dealkylation sites (tertiary alicyclic amines) is 1. The molecule has 0 spiro atoms. The number of hydrogen-bond donors (Lipinski definition) is 2. The number of rotatable bonds is 7. The van der Waals surface area contributed by atoms with Gasteiger partial charge in [-0.1, -0.05) is 18.2 Å². The molecule has 2 N–H and O–H groups in total. The number of anilines is 2. The normalized spacial score (nSPS) is 14.2. The van der Waals surface area contributed by atoms with E-state index in [1.807, 2.05) is 46.8 Å². The van der Waals surface area contributed by atoms with Gasteiger partial charge in [-0.2, -0.15) is 0 Å². The number of nitrogens with one attached hydrogen (secondary N) is 2. The van der Waals surface area contributed by atoms with Gasteiger partial charge in [-0.25, -0.2) is 15.0 Å². The molecule has 1 aliphatic heterocycles. The molecule has 0 unspecified atom stereocenters. The molecular weight excluding hydrogens is 520 g/mol. The molecule has 1 aliphatic rings. The summed E-state index contributed by atoms with van der Waals surface area (Å²) in [7, 11) is 0. The summed E-state index contributed by atoms with van der Waals surface area (Å²) in [6, 6.07) is 11.6. The molecule has 1 aromatic carbocycles. The van der Waals surface area contributed by atoms with Crippen LogP contribution >= 0.6 is 22.9 Å². The van der Waals surface area contributed by atoms with Crippen LogP contribution in [0, 0.1) is 0 Å². The molecule has 0 radical (unpaired) electrons. The molecule has 38 heavy (non-hydrogen) atoms. The number of pyridine rings is 1. The van der Waals surface area contributed by atoms with Gasteiger partial charge in [0.25, 0.3) is 0 Å². The van der Waals surface area contributed by atoms with Crippen LogP contribution in [0.2, 0.25) is 5.02 Å². The first-order chi connectivity index (χ1) is 18.6. The largest absolute Gasteiger partial charge is 0.486 e. The van der Waals surface area contributed by atoms with Crippen LogP contribution in [0.25, 0.3) is 21.3 Å². The van der Waals surface area contributed by atoms with Crippen molar-refractivity contribution in [3.05, 3.63) is 83.2 Å². The van der Waals surface area contributed by atoms with Gasteiger partial charge in [0.2, 0.25) is 5.91 Å². The average Bonchev–Trinajstić information content (AvgIpc) is 3.60. The van der Waals surface area contributed by atoms with E-state index >= 15 is 0 Å². The zero-order valence-corrected chi connectivity index (χ0v) is 22.1. The Kier molecular flexibility index (Phi) is 6.70. The van der Waals surface area contributed by atoms with Gasteiger partial charge in [-0.05, 0) is 72.2 Å². The molecule has 10 heteroatoms. The number of aromatic amines is 1. The van der Waals surface area contributed by atoms with Gasteiger partial charge in [0, 0.05) is 25.0 Å². The Balaban J connectivity index is 1.18. The zero-order valence-electron chi connectivity index (χ0n) is 20.5. The maximum atomic E-state index is 12.0. The van der Waals surface area contributed by atoms with Gasteiger partial charge in [0.15, 0.2) is 0 Å². The fourth-order valence-electron chi connectivity index (χ4n) is 4.90. The highest BCUT2D eigenvalue weighted by Gasteiger charge is 2.26. The third-order valence-corrected chi connectivity index (χ3v) is 8.02. The van der Waals surface area contributed by atoms with Crippen LogP contribution < -0.4 is 10.1 Å². The molecule has 1 amide bonds. The molecule has 0 aliphatic carbocycles. The second kappa shape index (κ2) is 10.4. The predicted molar refractivity (Wildman–Crippen MR) is 151 cm³/mol. The highest BCUT2D eigenvalue weighted by atomic mass is 35.5. The number of fused-ring (bicyclic) bond motifs is 2. The number of benzene rings is 1. The minimum atomic E-state index is -0.0165. The summed E-state index contributed by atoms with van der Waals surface area (Å²) in [4.78, 5) is 30.7. The number of thiophene rings is 1. The van der Waals surface area contributed by atoms with Crippen molar-refractivity contribution in [1.82, 2.24) is 24.8 Å². The van der Waals surface area contributed by atoms with Crippen molar-refractivity contribution >= 4 is 61.6 Å². The van der Waals surface area contributed by atoms with Gasteiger partial charge in [-0.15, -0.1) is 11.3 Å². The van der Waals surface area contributed by atoms with Crippen molar-refractivity contribution < 1.29 is 9.53 Å². The number of piperidine rings is 1. The number of H-pyrrole nitrogens is 1. The smallest absolute Gasteiger partial charge is 0.245 e. The van der Waals surface area contributed by atoms with Gasteiger partial charge < -0.3 is 19.9 Å². The zero-order chi connectivity index (χ0) is 26.1. The van der Waals surface area contributed by atoms with E-state index in [4.69, 9.17) is 16.3 Å². The molecule has 6 rings (SSSR count). The van der Waals surface area contributed by atoms with Crippen LogP contribution in [0.3, 0.4) is 0 Å². The highest BCUT2D eigenvalue weighted by Crippen LogP contribution is 2.37. The molecule has 8 nitrogen and oxygen atoms in total. The summed E-state index contributed by atoms with van der Waals surface area (Å²) in [5.41, 5.74) is 4.52. The van der Waals surface area contributed by atoms with Crippen molar-refractivity contribution in [1.29, 1.82) is 0 Å². The van der Waals surface area contributed by atoms with Crippen LogP contribution in [0.15, 0.2) is 67.0 Å². The minimum absolute atomic E-state index is 0.0165. The van der Waals surface area contributed by atoms with Crippen LogP contribution in [0.5, 0.6) is 5.75 Å². The Morgan fingerprint density at radius 1 is 1.24 bits per heavy atom.